The van der Waals surface area contributed by atoms with Crippen LogP contribution in [0, 0.1) is 17.0 Å². The molecule has 0 aliphatic rings. The van der Waals surface area contributed by atoms with Crippen LogP contribution >= 0.6 is 0 Å². The summed E-state index contributed by atoms with van der Waals surface area (Å²) in [6, 6.07) is 14.5. The summed E-state index contributed by atoms with van der Waals surface area (Å²) in [5, 5.41) is 11.3. The Bertz CT molecular complexity index is 1160. The Morgan fingerprint density at radius 2 is 1.75 bits per heavy atom. The highest BCUT2D eigenvalue weighted by Crippen LogP contribution is 2.40. The van der Waals surface area contributed by atoms with Gasteiger partial charge in [-0.25, -0.2) is 0 Å². The predicted molar refractivity (Wildman–Crippen MR) is 114 cm³/mol. The van der Waals surface area contributed by atoms with Gasteiger partial charge < -0.3 is 9.47 Å². The molecular weight excluding hydrogens is 425 g/mol. The predicted octanol–water partition coefficient (Wildman–Crippen LogP) is 6.86. The third-order valence-electron chi connectivity index (χ3n) is 4.44. The van der Waals surface area contributed by atoms with Gasteiger partial charge in [0.05, 0.1) is 22.8 Å². The fourth-order valence-electron chi connectivity index (χ4n) is 2.85. The topological polar surface area (TPSA) is 74.0 Å². The zero-order valence-corrected chi connectivity index (χ0v) is 17.2. The average Bonchev–Trinajstić information content (AvgIpc) is 2.74. The molecule has 3 aromatic carbocycles. The number of rotatable bonds is 7. The maximum atomic E-state index is 12.9. The number of nitrogens with zero attached hydrogens (tertiary/aromatic N) is 2. The van der Waals surface area contributed by atoms with E-state index in [0.717, 1.165) is 23.4 Å². The van der Waals surface area contributed by atoms with E-state index in [2.05, 4.69) is 4.99 Å². The Balaban J connectivity index is 1.93. The maximum absolute atomic E-state index is 12.9. The highest BCUT2D eigenvalue weighted by atomic mass is 19.4. The highest BCUT2D eigenvalue weighted by Gasteiger charge is 2.33. The number of nitro benzene ring substituents is 1. The van der Waals surface area contributed by atoms with E-state index in [-0.39, 0.29) is 23.9 Å². The zero-order chi connectivity index (χ0) is 23.3. The molecule has 3 rings (SSSR count). The Labute approximate surface area is 182 Å². The number of aliphatic imine (C=N–C) groups is 1. The molecule has 0 aromatic heterocycles. The largest absolute Gasteiger partial charge is 0.490 e. The quantitative estimate of drug-likeness (QED) is 0.227. The van der Waals surface area contributed by atoms with Gasteiger partial charge in [0.25, 0.3) is 0 Å². The molecule has 0 fully saturated rings. The molecule has 32 heavy (non-hydrogen) atoms. The van der Waals surface area contributed by atoms with E-state index in [4.69, 9.17) is 9.47 Å². The van der Waals surface area contributed by atoms with Gasteiger partial charge in [-0.1, -0.05) is 18.2 Å². The summed E-state index contributed by atoms with van der Waals surface area (Å²) < 4.78 is 49.9. The summed E-state index contributed by atoms with van der Waals surface area (Å²) in [6.45, 7) is 3.97. The van der Waals surface area contributed by atoms with E-state index in [1.165, 1.54) is 6.07 Å². The van der Waals surface area contributed by atoms with Gasteiger partial charge in [-0.05, 0) is 61.4 Å². The summed E-state index contributed by atoms with van der Waals surface area (Å²) in [5.41, 5.74) is 0.553. The van der Waals surface area contributed by atoms with Crippen LogP contribution in [0.15, 0.2) is 65.7 Å². The van der Waals surface area contributed by atoms with Crippen LogP contribution in [0.5, 0.6) is 17.2 Å². The number of hydrogen-bond acceptors (Lipinski definition) is 5. The molecule has 0 saturated heterocycles. The van der Waals surface area contributed by atoms with Gasteiger partial charge in [-0.15, -0.1) is 0 Å². The van der Waals surface area contributed by atoms with E-state index in [1.54, 1.807) is 25.3 Å². The molecule has 0 N–H and O–H groups in total. The summed E-state index contributed by atoms with van der Waals surface area (Å²) in [4.78, 5) is 14.8. The third kappa shape index (κ3) is 5.42. The molecule has 0 spiro atoms. The van der Waals surface area contributed by atoms with E-state index < -0.39 is 22.4 Å². The number of benzene rings is 3. The summed E-state index contributed by atoms with van der Waals surface area (Å²) in [5.74, 6) is 0.0726. The average molecular weight is 444 g/mol. The van der Waals surface area contributed by atoms with Crippen molar-refractivity contribution in [3.05, 3.63) is 87.5 Å². The molecule has 166 valence electrons. The van der Waals surface area contributed by atoms with Crippen molar-refractivity contribution >= 4 is 17.6 Å². The Morgan fingerprint density at radius 3 is 2.41 bits per heavy atom. The van der Waals surface area contributed by atoms with Gasteiger partial charge in [-0.2, -0.15) is 13.2 Å². The lowest BCUT2D eigenvalue weighted by Crippen LogP contribution is -2.06. The standard InChI is InChI=1S/C23H19F3N2O4/c1-3-31-22-12-16(14-27-18-7-5-4-6-15(18)2)8-10-21(22)32-20-11-9-17(23(24,25)26)13-19(20)28(29)30/h4-14H,3H2,1-2H3. The number of alkyl halides is 3. The van der Waals surface area contributed by atoms with E-state index in [1.807, 2.05) is 31.2 Å². The molecule has 0 heterocycles. The lowest BCUT2D eigenvalue weighted by Gasteiger charge is -2.13. The van der Waals surface area contributed by atoms with Crippen LogP contribution in [0.1, 0.15) is 23.6 Å². The zero-order valence-electron chi connectivity index (χ0n) is 17.2. The van der Waals surface area contributed by atoms with Gasteiger partial charge in [-0.3, -0.25) is 15.1 Å². The lowest BCUT2D eigenvalue weighted by molar-refractivity contribution is -0.385. The van der Waals surface area contributed by atoms with Crippen molar-refractivity contribution < 1.29 is 27.6 Å². The molecule has 0 bridgehead atoms. The van der Waals surface area contributed by atoms with Gasteiger partial charge in [0, 0.05) is 12.3 Å². The number of nitro groups is 1. The van der Waals surface area contributed by atoms with Gasteiger partial charge in [0.1, 0.15) is 0 Å². The summed E-state index contributed by atoms with van der Waals surface area (Å²) in [6.07, 6.45) is -3.08. The molecule has 0 atom stereocenters. The summed E-state index contributed by atoms with van der Waals surface area (Å²) >= 11 is 0. The third-order valence-corrected chi connectivity index (χ3v) is 4.44. The second-order valence-corrected chi connectivity index (χ2v) is 6.72. The second-order valence-electron chi connectivity index (χ2n) is 6.72. The van der Waals surface area contributed by atoms with E-state index >= 15 is 0 Å². The number of ether oxygens (including phenoxy) is 2. The van der Waals surface area contributed by atoms with Crippen molar-refractivity contribution in [2.75, 3.05) is 6.61 Å². The first-order valence-corrected chi connectivity index (χ1v) is 9.59. The number of hydrogen-bond donors (Lipinski definition) is 0. The maximum Gasteiger partial charge on any atom is 0.416 e. The smallest absolute Gasteiger partial charge is 0.416 e. The van der Waals surface area contributed by atoms with Crippen LogP contribution in [0.25, 0.3) is 0 Å². The molecule has 0 radical (unpaired) electrons. The monoisotopic (exact) mass is 444 g/mol. The van der Waals surface area contributed by atoms with Crippen molar-refractivity contribution in [1.29, 1.82) is 0 Å². The molecule has 0 aliphatic heterocycles. The van der Waals surface area contributed by atoms with Crippen molar-refractivity contribution in [3.63, 3.8) is 0 Å². The minimum absolute atomic E-state index is 0.128. The first-order valence-electron chi connectivity index (χ1n) is 9.59. The fraction of sp³-hybridized carbons (Fsp3) is 0.174. The fourth-order valence-corrected chi connectivity index (χ4v) is 2.85. The molecule has 0 aliphatic carbocycles. The minimum Gasteiger partial charge on any atom is -0.490 e. The van der Waals surface area contributed by atoms with Crippen LogP contribution in [0.2, 0.25) is 0 Å². The molecule has 0 saturated carbocycles. The minimum atomic E-state index is -4.71. The highest BCUT2D eigenvalue weighted by molar-refractivity contribution is 5.83. The lowest BCUT2D eigenvalue weighted by atomic mass is 10.1. The molecule has 0 unspecified atom stereocenters. The Morgan fingerprint density at radius 1 is 1.03 bits per heavy atom. The van der Waals surface area contributed by atoms with Crippen molar-refractivity contribution in [1.82, 2.24) is 0 Å². The molecule has 9 heteroatoms. The Hall–Kier alpha value is -3.88. The first-order chi connectivity index (χ1) is 15.2. The molecular formula is C23H19F3N2O4. The van der Waals surface area contributed by atoms with E-state index in [9.17, 15) is 23.3 Å². The number of para-hydroxylation sites is 1. The van der Waals surface area contributed by atoms with Gasteiger partial charge in [0.2, 0.25) is 5.75 Å². The molecule has 0 amide bonds. The van der Waals surface area contributed by atoms with Crippen LogP contribution in [-0.4, -0.2) is 17.7 Å². The first kappa shape index (κ1) is 22.8. The Kier molecular flexibility index (Phi) is 6.77. The number of aryl methyl sites for hydroxylation is 1. The van der Waals surface area contributed by atoms with Crippen molar-refractivity contribution in [2.45, 2.75) is 20.0 Å². The van der Waals surface area contributed by atoms with Crippen LogP contribution in [0.3, 0.4) is 0 Å². The molecule has 6 nitrogen and oxygen atoms in total. The molecule has 3 aromatic rings. The summed E-state index contributed by atoms with van der Waals surface area (Å²) in [7, 11) is 0. The normalized spacial score (nSPS) is 11.5. The van der Waals surface area contributed by atoms with Crippen LogP contribution < -0.4 is 9.47 Å². The SMILES string of the molecule is CCOc1cc(C=Nc2ccccc2C)ccc1Oc1ccc(C(F)(F)F)cc1[N+](=O)[O-]. The van der Waals surface area contributed by atoms with Gasteiger partial charge >= 0.3 is 11.9 Å². The number of halogens is 3. The van der Waals surface area contributed by atoms with Crippen LogP contribution in [0.4, 0.5) is 24.5 Å². The van der Waals surface area contributed by atoms with Crippen LogP contribution in [-0.2, 0) is 6.18 Å². The van der Waals surface area contributed by atoms with Crippen molar-refractivity contribution in [2.24, 2.45) is 4.99 Å². The van der Waals surface area contributed by atoms with E-state index in [0.29, 0.717) is 11.6 Å². The van der Waals surface area contributed by atoms with Crippen molar-refractivity contribution in [3.8, 4) is 17.2 Å². The van der Waals surface area contributed by atoms with Gasteiger partial charge in [0.15, 0.2) is 11.5 Å². The second kappa shape index (κ2) is 9.51.